The lowest BCUT2D eigenvalue weighted by Crippen LogP contribution is -2.21. The standard InChI is InChI=1S/C11H20N2OS/c1-9(2)14-7-4-5-12-10(3)11-13-6-8-15-11/h6,8-10,12H,4-5,7H2,1-3H3. The van der Waals surface area contributed by atoms with Crippen molar-refractivity contribution < 1.29 is 4.74 Å². The van der Waals surface area contributed by atoms with Crippen molar-refractivity contribution in [3.05, 3.63) is 16.6 Å². The van der Waals surface area contributed by atoms with Crippen LogP contribution in [0.4, 0.5) is 0 Å². The Morgan fingerprint density at radius 3 is 2.87 bits per heavy atom. The Kier molecular flexibility index (Phi) is 5.83. The minimum absolute atomic E-state index is 0.335. The summed E-state index contributed by atoms with van der Waals surface area (Å²) in [5, 5.41) is 6.59. The van der Waals surface area contributed by atoms with Crippen LogP contribution in [0.25, 0.3) is 0 Å². The average molecular weight is 228 g/mol. The first-order chi connectivity index (χ1) is 7.20. The van der Waals surface area contributed by atoms with Crippen LogP contribution in [-0.4, -0.2) is 24.2 Å². The zero-order valence-electron chi connectivity index (χ0n) is 9.69. The van der Waals surface area contributed by atoms with Crippen molar-refractivity contribution in [1.29, 1.82) is 0 Å². The van der Waals surface area contributed by atoms with Crippen molar-refractivity contribution in [2.45, 2.75) is 39.3 Å². The molecule has 0 spiro atoms. The second-order valence-corrected chi connectivity index (χ2v) is 4.75. The van der Waals surface area contributed by atoms with Gasteiger partial charge in [0.2, 0.25) is 0 Å². The van der Waals surface area contributed by atoms with Gasteiger partial charge in [-0.1, -0.05) is 0 Å². The van der Waals surface area contributed by atoms with Crippen LogP contribution in [0, 0.1) is 0 Å². The highest BCUT2D eigenvalue weighted by atomic mass is 32.1. The van der Waals surface area contributed by atoms with Gasteiger partial charge in [0.15, 0.2) is 0 Å². The molecule has 0 saturated heterocycles. The van der Waals surface area contributed by atoms with Crippen LogP contribution in [0.3, 0.4) is 0 Å². The number of hydrogen-bond acceptors (Lipinski definition) is 4. The maximum absolute atomic E-state index is 5.46. The van der Waals surface area contributed by atoms with Gasteiger partial charge in [-0.3, -0.25) is 0 Å². The molecule has 1 rings (SSSR count). The van der Waals surface area contributed by atoms with E-state index >= 15 is 0 Å². The predicted molar refractivity (Wildman–Crippen MR) is 64.2 cm³/mol. The quantitative estimate of drug-likeness (QED) is 0.728. The van der Waals surface area contributed by atoms with Gasteiger partial charge in [-0.2, -0.15) is 0 Å². The molecule has 0 fully saturated rings. The normalized spacial score (nSPS) is 13.3. The molecule has 1 N–H and O–H groups in total. The van der Waals surface area contributed by atoms with Crippen molar-refractivity contribution in [2.24, 2.45) is 0 Å². The predicted octanol–water partition coefficient (Wildman–Crippen LogP) is 2.61. The second kappa shape index (κ2) is 6.93. The van der Waals surface area contributed by atoms with E-state index in [1.54, 1.807) is 11.3 Å². The molecule has 1 aromatic rings. The zero-order valence-corrected chi connectivity index (χ0v) is 10.5. The largest absolute Gasteiger partial charge is 0.379 e. The second-order valence-electron chi connectivity index (χ2n) is 3.82. The number of thiazole rings is 1. The molecule has 0 amide bonds. The maximum atomic E-state index is 5.46. The minimum Gasteiger partial charge on any atom is -0.379 e. The summed E-state index contributed by atoms with van der Waals surface area (Å²) in [6.45, 7) is 8.07. The molecule has 0 aliphatic heterocycles. The molecule has 0 aliphatic rings. The van der Waals surface area contributed by atoms with Crippen LogP contribution in [-0.2, 0) is 4.74 Å². The van der Waals surface area contributed by atoms with E-state index in [4.69, 9.17) is 4.74 Å². The van der Waals surface area contributed by atoms with Gasteiger partial charge in [-0.05, 0) is 33.7 Å². The lowest BCUT2D eigenvalue weighted by molar-refractivity contribution is 0.0768. The summed E-state index contributed by atoms with van der Waals surface area (Å²) in [5.41, 5.74) is 0. The number of aromatic nitrogens is 1. The molecule has 1 atom stereocenters. The summed E-state index contributed by atoms with van der Waals surface area (Å²) >= 11 is 1.69. The van der Waals surface area contributed by atoms with Gasteiger partial charge < -0.3 is 10.1 Å². The van der Waals surface area contributed by atoms with Gasteiger partial charge in [-0.15, -0.1) is 11.3 Å². The van der Waals surface area contributed by atoms with E-state index in [9.17, 15) is 0 Å². The zero-order chi connectivity index (χ0) is 11.1. The monoisotopic (exact) mass is 228 g/mol. The van der Waals surface area contributed by atoms with Crippen molar-refractivity contribution in [3.8, 4) is 0 Å². The molecule has 0 bridgehead atoms. The van der Waals surface area contributed by atoms with E-state index in [2.05, 4.69) is 31.1 Å². The van der Waals surface area contributed by atoms with E-state index in [1.807, 2.05) is 11.6 Å². The molecule has 0 saturated carbocycles. The molecule has 4 heteroatoms. The third kappa shape index (κ3) is 5.25. The molecule has 86 valence electrons. The molecule has 1 unspecified atom stereocenters. The summed E-state index contributed by atoms with van der Waals surface area (Å²) < 4.78 is 5.46. The maximum Gasteiger partial charge on any atom is 0.109 e. The van der Waals surface area contributed by atoms with Crippen molar-refractivity contribution in [1.82, 2.24) is 10.3 Å². The molecular weight excluding hydrogens is 208 g/mol. The Morgan fingerprint density at radius 2 is 2.27 bits per heavy atom. The van der Waals surface area contributed by atoms with Crippen LogP contribution >= 0.6 is 11.3 Å². The fourth-order valence-electron chi connectivity index (χ4n) is 1.25. The molecule has 1 aromatic heterocycles. The lowest BCUT2D eigenvalue weighted by atomic mass is 10.3. The van der Waals surface area contributed by atoms with Gasteiger partial charge in [0.05, 0.1) is 12.1 Å². The van der Waals surface area contributed by atoms with Gasteiger partial charge in [-0.25, -0.2) is 4.98 Å². The Morgan fingerprint density at radius 1 is 1.47 bits per heavy atom. The molecule has 1 heterocycles. The fourth-order valence-corrected chi connectivity index (χ4v) is 1.92. The van der Waals surface area contributed by atoms with E-state index in [-0.39, 0.29) is 0 Å². The summed E-state index contributed by atoms with van der Waals surface area (Å²) in [4.78, 5) is 4.27. The number of nitrogens with one attached hydrogen (secondary N) is 1. The van der Waals surface area contributed by atoms with Crippen molar-refractivity contribution in [2.75, 3.05) is 13.2 Å². The Balaban J connectivity index is 2.05. The summed E-state index contributed by atoms with van der Waals surface area (Å²) in [7, 11) is 0. The topological polar surface area (TPSA) is 34.1 Å². The molecule has 3 nitrogen and oxygen atoms in total. The average Bonchev–Trinajstić information content (AvgIpc) is 2.69. The van der Waals surface area contributed by atoms with E-state index < -0.39 is 0 Å². The van der Waals surface area contributed by atoms with E-state index in [0.717, 1.165) is 24.6 Å². The minimum atomic E-state index is 0.335. The highest BCUT2D eigenvalue weighted by Crippen LogP contribution is 2.14. The number of hydrogen-bond donors (Lipinski definition) is 1. The summed E-state index contributed by atoms with van der Waals surface area (Å²) in [6.07, 6.45) is 3.23. The Bertz CT molecular complexity index is 249. The van der Waals surface area contributed by atoms with E-state index in [1.165, 1.54) is 0 Å². The number of ether oxygens (including phenoxy) is 1. The first-order valence-corrected chi connectivity index (χ1v) is 6.32. The van der Waals surface area contributed by atoms with Crippen molar-refractivity contribution >= 4 is 11.3 Å². The molecular formula is C11H20N2OS. The molecule has 0 aliphatic carbocycles. The number of rotatable bonds is 7. The van der Waals surface area contributed by atoms with Gasteiger partial charge in [0.25, 0.3) is 0 Å². The van der Waals surface area contributed by atoms with Crippen LogP contribution in [0.1, 0.15) is 38.2 Å². The van der Waals surface area contributed by atoms with Crippen LogP contribution in [0.15, 0.2) is 11.6 Å². The summed E-state index contributed by atoms with van der Waals surface area (Å²) in [6, 6.07) is 0.351. The highest BCUT2D eigenvalue weighted by Gasteiger charge is 2.05. The first kappa shape index (κ1) is 12.6. The van der Waals surface area contributed by atoms with Crippen LogP contribution in [0.2, 0.25) is 0 Å². The highest BCUT2D eigenvalue weighted by molar-refractivity contribution is 7.09. The number of nitrogens with zero attached hydrogens (tertiary/aromatic N) is 1. The molecule has 0 radical (unpaired) electrons. The molecule has 15 heavy (non-hydrogen) atoms. The summed E-state index contributed by atoms with van der Waals surface area (Å²) in [5.74, 6) is 0. The van der Waals surface area contributed by atoms with E-state index in [0.29, 0.717) is 12.1 Å². The van der Waals surface area contributed by atoms with Gasteiger partial charge in [0, 0.05) is 18.2 Å². The van der Waals surface area contributed by atoms with Crippen LogP contribution < -0.4 is 5.32 Å². The third-order valence-electron chi connectivity index (χ3n) is 2.04. The first-order valence-electron chi connectivity index (χ1n) is 5.44. The Labute approximate surface area is 95.9 Å². The lowest BCUT2D eigenvalue weighted by Gasteiger charge is -2.11. The van der Waals surface area contributed by atoms with Gasteiger partial charge in [0.1, 0.15) is 5.01 Å². The SMILES string of the molecule is CC(C)OCCCNC(C)c1nccs1. The fraction of sp³-hybridized carbons (Fsp3) is 0.727. The van der Waals surface area contributed by atoms with Crippen molar-refractivity contribution in [3.63, 3.8) is 0 Å². The smallest absolute Gasteiger partial charge is 0.109 e. The molecule has 0 aromatic carbocycles. The third-order valence-corrected chi connectivity index (χ3v) is 3.00. The van der Waals surface area contributed by atoms with Crippen LogP contribution in [0.5, 0.6) is 0 Å². The Hall–Kier alpha value is -0.450. The van der Waals surface area contributed by atoms with Gasteiger partial charge >= 0.3 is 0 Å².